The molecule has 12 nitrogen and oxygen atoms in total. The molecule has 0 saturated carbocycles. The predicted octanol–water partition coefficient (Wildman–Crippen LogP) is 0.805. The van der Waals surface area contributed by atoms with Crippen molar-refractivity contribution in [1.82, 2.24) is 30.9 Å². The highest BCUT2D eigenvalue weighted by Gasteiger charge is 2.29. The number of imidazole rings is 1. The Bertz CT molecular complexity index is 1490. The summed E-state index contributed by atoms with van der Waals surface area (Å²) < 4.78 is 0. The number of fused-ring (bicyclic) bond motifs is 1. The van der Waals surface area contributed by atoms with Crippen LogP contribution in [0.15, 0.2) is 73.3 Å². The van der Waals surface area contributed by atoms with Gasteiger partial charge in [-0.2, -0.15) is 0 Å². The molecule has 0 aliphatic heterocycles. The van der Waals surface area contributed by atoms with Gasteiger partial charge in [0, 0.05) is 41.8 Å². The van der Waals surface area contributed by atoms with Gasteiger partial charge in [0.1, 0.15) is 18.1 Å². The fourth-order valence-electron chi connectivity index (χ4n) is 4.46. The van der Waals surface area contributed by atoms with E-state index in [0.29, 0.717) is 5.69 Å². The number of carboxylic acids is 1. The first-order valence-electron chi connectivity index (χ1n) is 13.2. The number of rotatable bonds is 13. The number of aliphatic carboxylic acids is 1. The molecule has 41 heavy (non-hydrogen) atoms. The van der Waals surface area contributed by atoms with E-state index in [4.69, 9.17) is 5.73 Å². The van der Waals surface area contributed by atoms with E-state index < -0.39 is 47.9 Å². The molecule has 4 unspecified atom stereocenters. The molecule has 12 heteroatoms. The summed E-state index contributed by atoms with van der Waals surface area (Å²) in [6.45, 7) is 1.49. The second-order valence-corrected chi connectivity index (χ2v) is 9.83. The summed E-state index contributed by atoms with van der Waals surface area (Å²) in [7, 11) is 0. The second kappa shape index (κ2) is 13.4. The van der Waals surface area contributed by atoms with Crippen molar-refractivity contribution in [3.63, 3.8) is 0 Å². The minimum Gasteiger partial charge on any atom is -0.480 e. The van der Waals surface area contributed by atoms with Crippen LogP contribution in [0.5, 0.6) is 0 Å². The van der Waals surface area contributed by atoms with Gasteiger partial charge in [-0.1, -0.05) is 48.5 Å². The number of H-pyrrole nitrogens is 2. The molecule has 3 amide bonds. The van der Waals surface area contributed by atoms with Gasteiger partial charge in [0.05, 0.1) is 12.4 Å². The van der Waals surface area contributed by atoms with Gasteiger partial charge in [0.2, 0.25) is 17.7 Å². The van der Waals surface area contributed by atoms with Crippen LogP contribution in [0.4, 0.5) is 0 Å². The van der Waals surface area contributed by atoms with Crippen molar-refractivity contribution < 1.29 is 24.3 Å². The molecule has 0 aliphatic rings. The van der Waals surface area contributed by atoms with Crippen molar-refractivity contribution in [2.45, 2.75) is 50.4 Å². The number of amides is 3. The van der Waals surface area contributed by atoms with Gasteiger partial charge in [0.15, 0.2) is 0 Å². The van der Waals surface area contributed by atoms with Gasteiger partial charge >= 0.3 is 5.97 Å². The number of hydrogen-bond acceptors (Lipinski definition) is 6. The summed E-state index contributed by atoms with van der Waals surface area (Å²) in [5.74, 6) is -3.05. The molecule has 4 atom stereocenters. The number of carboxylic acid groups (broad SMARTS) is 1. The number of hydrogen-bond donors (Lipinski definition) is 7. The zero-order valence-electron chi connectivity index (χ0n) is 22.5. The van der Waals surface area contributed by atoms with Crippen molar-refractivity contribution in [3.8, 4) is 0 Å². The maximum absolute atomic E-state index is 13.2. The van der Waals surface area contributed by atoms with E-state index in [1.54, 1.807) is 30.5 Å². The van der Waals surface area contributed by atoms with E-state index in [0.717, 1.165) is 22.0 Å². The third kappa shape index (κ3) is 7.79. The summed E-state index contributed by atoms with van der Waals surface area (Å²) in [5, 5.41) is 18.4. The van der Waals surface area contributed by atoms with Crippen LogP contribution in [-0.4, -0.2) is 67.9 Å². The first kappa shape index (κ1) is 29.0. The Balaban J connectivity index is 1.40. The molecule has 214 valence electrons. The fourth-order valence-corrected chi connectivity index (χ4v) is 4.46. The molecular weight excluding hydrogens is 526 g/mol. The summed E-state index contributed by atoms with van der Waals surface area (Å²) in [6.07, 6.45) is 5.03. The molecule has 2 aromatic carbocycles. The van der Waals surface area contributed by atoms with E-state index in [9.17, 15) is 24.3 Å². The van der Waals surface area contributed by atoms with E-state index in [1.165, 1.54) is 19.4 Å². The topological polar surface area (TPSA) is 195 Å². The number of carbonyl (C=O) groups excluding carboxylic acids is 3. The lowest BCUT2D eigenvalue weighted by Gasteiger charge is -2.24. The van der Waals surface area contributed by atoms with Crippen LogP contribution in [0.2, 0.25) is 0 Å². The summed E-state index contributed by atoms with van der Waals surface area (Å²) in [5.41, 5.74) is 9.25. The molecule has 4 rings (SSSR count). The van der Waals surface area contributed by atoms with Crippen molar-refractivity contribution in [2.75, 3.05) is 0 Å². The Labute approximate surface area is 236 Å². The predicted molar refractivity (Wildman–Crippen MR) is 152 cm³/mol. The van der Waals surface area contributed by atoms with Crippen molar-refractivity contribution in [2.24, 2.45) is 5.73 Å². The highest BCUT2D eigenvalue weighted by Crippen LogP contribution is 2.18. The van der Waals surface area contributed by atoms with Crippen molar-refractivity contribution in [1.29, 1.82) is 0 Å². The number of carbonyl (C=O) groups is 4. The SMILES string of the molecule is CC(NC(=O)C(N)Cc1c[nH]c2ccccc12)C(=O)NC(Cc1ccccc1)C(=O)NC(Cc1cnc[nH]1)C(=O)O. The third-order valence-corrected chi connectivity index (χ3v) is 6.71. The summed E-state index contributed by atoms with van der Waals surface area (Å²) in [4.78, 5) is 60.8. The maximum atomic E-state index is 13.2. The molecule has 2 heterocycles. The summed E-state index contributed by atoms with van der Waals surface area (Å²) >= 11 is 0. The van der Waals surface area contributed by atoms with Crippen LogP contribution >= 0.6 is 0 Å². The molecule has 8 N–H and O–H groups in total. The molecule has 0 saturated heterocycles. The Hall–Kier alpha value is -4.97. The quantitative estimate of drug-likeness (QED) is 0.126. The van der Waals surface area contributed by atoms with Gasteiger partial charge < -0.3 is 36.8 Å². The van der Waals surface area contributed by atoms with Gasteiger partial charge in [-0.25, -0.2) is 9.78 Å². The zero-order chi connectivity index (χ0) is 29.4. The van der Waals surface area contributed by atoms with Gasteiger partial charge in [-0.3, -0.25) is 14.4 Å². The number of aromatic amines is 2. The van der Waals surface area contributed by atoms with Crippen LogP contribution in [0.25, 0.3) is 10.9 Å². The molecule has 0 spiro atoms. The summed E-state index contributed by atoms with van der Waals surface area (Å²) in [6, 6.07) is 12.4. The Morgan fingerprint density at radius 3 is 2.27 bits per heavy atom. The molecule has 0 radical (unpaired) electrons. The highest BCUT2D eigenvalue weighted by atomic mass is 16.4. The number of nitrogens with two attached hydrogens (primary N) is 1. The third-order valence-electron chi connectivity index (χ3n) is 6.71. The Morgan fingerprint density at radius 1 is 0.854 bits per heavy atom. The van der Waals surface area contributed by atoms with Crippen LogP contribution in [-0.2, 0) is 38.4 Å². The Kier molecular flexibility index (Phi) is 9.48. The molecule has 4 aromatic rings. The minimum atomic E-state index is -1.25. The fraction of sp³-hybridized carbons (Fsp3) is 0.276. The lowest BCUT2D eigenvalue weighted by molar-refractivity contribution is -0.142. The first-order valence-corrected chi connectivity index (χ1v) is 13.2. The van der Waals surface area contributed by atoms with E-state index >= 15 is 0 Å². The number of benzene rings is 2. The van der Waals surface area contributed by atoms with Crippen molar-refractivity contribution in [3.05, 3.63) is 90.1 Å². The van der Waals surface area contributed by atoms with Gasteiger partial charge in [-0.05, 0) is 30.5 Å². The number of nitrogens with zero attached hydrogens (tertiary/aromatic N) is 1. The first-order chi connectivity index (χ1) is 19.7. The largest absolute Gasteiger partial charge is 0.480 e. The molecule has 0 fully saturated rings. The van der Waals surface area contributed by atoms with E-state index in [-0.39, 0.29) is 19.3 Å². The number of para-hydroxylation sites is 1. The monoisotopic (exact) mass is 559 g/mol. The second-order valence-electron chi connectivity index (χ2n) is 9.83. The number of aromatic nitrogens is 3. The molecule has 0 aliphatic carbocycles. The molecular formula is C29H33N7O5. The van der Waals surface area contributed by atoms with E-state index in [2.05, 4.69) is 30.9 Å². The molecule has 0 bridgehead atoms. The standard InChI is InChI=1S/C29H33N7O5/c1-17(34-27(38)22(30)12-19-14-32-23-10-6-5-9-21(19)23)26(37)35-24(11-18-7-3-2-4-8-18)28(39)36-25(29(40)41)13-20-15-31-16-33-20/h2-10,14-17,22,24-25,32H,11-13,30H2,1H3,(H,31,33)(H,34,38)(H,35,37)(H,36,39)(H,40,41). The normalized spacial score (nSPS) is 14.0. The molecule has 2 aromatic heterocycles. The average molecular weight is 560 g/mol. The van der Waals surface area contributed by atoms with Crippen molar-refractivity contribution >= 4 is 34.6 Å². The van der Waals surface area contributed by atoms with Crippen LogP contribution in [0.3, 0.4) is 0 Å². The maximum Gasteiger partial charge on any atom is 0.326 e. The smallest absolute Gasteiger partial charge is 0.326 e. The minimum absolute atomic E-state index is 0.0200. The van der Waals surface area contributed by atoms with Gasteiger partial charge in [-0.15, -0.1) is 0 Å². The van der Waals surface area contributed by atoms with Crippen LogP contribution in [0.1, 0.15) is 23.7 Å². The van der Waals surface area contributed by atoms with Crippen LogP contribution < -0.4 is 21.7 Å². The average Bonchev–Trinajstić information content (AvgIpc) is 3.63. The highest BCUT2D eigenvalue weighted by molar-refractivity contribution is 5.94. The van der Waals surface area contributed by atoms with Crippen LogP contribution in [0, 0.1) is 0 Å². The zero-order valence-corrected chi connectivity index (χ0v) is 22.5. The van der Waals surface area contributed by atoms with E-state index in [1.807, 2.05) is 30.3 Å². The Morgan fingerprint density at radius 2 is 1.56 bits per heavy atom. The lowest BCUT2D eigenvalue weighted by Crippen LogP contribution is -2.57. The lowest BCUT2D eigenvalue weighted by atomic mass is 10.0. The van der Waals surface area contributed by atoms with Gasteiger partial charge in [0.25, 0.3) is 0 Å². The number of nitrogens with one attached hydrogen (secondary N) is 5.